The molecular weight excluding hydrogens is 1100 g/mol. The Kier molecular flexibility index (Phi) is 61.8. The van der Waals surface area contributed by atoms with Crippen molar-refractivity contribution >= 4 is 19.7 Å². The molecule has 0 bridgehead atoms. The number of carbonyl (C=O) groups excluding carboxylic acids is 2. The number of ether oxygens (including phenoxy) is 1. The van der Waals surface area contributed by atoms with Gasteiger partial charge in [-0.1, -0.05) is 283 Å². The standard InChI is InChI=1S/C77H131N2O7P/c1-7-10-13-16-19-22-25-27-29-31-33-35-37-39-41-43-45-47-49-51-54-57-60-63-66-69-76(80)78-74(73-85-87(82,83)84-72-71-79(4,5)6)75(68-65-62-59-56-53-24-21-18-15-12-9-3)86-77(81)70-67-64-61-58-55-52-50-48-46-44-42-40-38-36-34-32-30-28-26-23-20-17-14-11-8-2/h10-11,13-14,19-20,22-23,27-30,33-36,39-42,46,48,65,68,74-75H,7-9,12,15-18,21,24-26,31-32,37-38,43-45,47,49-64,66-67,69-73H2,1-6H3,(H-,78,80,82,83)/p+1/b13-10-,14-11-,22-19-,23-20-,29-27-,30-28-,35-33-,36-34-,41-39-,42-40-,48-46-,68-65+. The third kappa shape index (κ3) is 66.1. The van der Waals surface area contributed by atoms with Crippen LogP contribution in [-0.2, 0) is 27.9 Å². The molecule has 0 aliphatic rings. The number of phosphoric ester groups is 1. The van der Waals surface area contributed by atoms with E-state index in [0.29, 0.717) is 23.9 Å². The molecule has 0 spiro atoms. The molecule has 0 aromatic carbocycles. The van der Waals surface area contributed by atoms with E-state index < -0.39 is 20.0 Å². The minimum absolute atomic E-state index is 0.0284. The summed E-state index contributed by atoms with van der Waals surface area (Å²) in [5, 5.41) is 3.06. The SMILES string of the molecule is CC/C=C\C/C=C\C/C=C\C/C=C\C/C=C\C/C=C\CCCCCCCCC(=O)OC(/C=C/CCCCCCCCCCC)C(COP(=O)(O)OCC[N+](C)(C)C)NC(=O)CCCCCCCCCCC/C=C\C/C=C\C/C=C\C/C=C\C/C=C\CC. The monoisotopic (exact) mass is 1230 g/mol. The molecule has 3 atom stereocenters. The average Bonchev–Trinajstić information content (AvgIpc) is 3.70. The number of likely N-dealkylation sites (N-methyl/N-ethyl adjacent to an activating group) is 1. The largest absolute Gasteiger partial charge is 0.472 e. The van der Waals surface area contributed by atoms with Crippen LogP contribution in [-0.4, -0.2) is 74.3 Å². The Morgan fingerprint density at radius 2 is 0.736 bits per heavy atom. The highest BCUT2D eigenvalue weighted by molar-refractivity contribution is 7.47. The molecule has 0 fully saturated rings. The van der Waals surface area contributed by atoms with E-state index in [-0.39, 0.29) is 31.5 Å². The summed E-state index contributed by atoms with van der Waals surface area (Å²) in [7, 11) is 1.46. The second-order valence-electron chi connectivity index (χ2n) is 24.3. The molecule has 0 heterocycles. The van der Waals surface area contributed by atoms with Crippen molar-refractivity contribution in [1.29, 1.82) is 0 Å². The average molecular weight is 1230 g/mol. The highest BCUT2D eigenvalue weighted by Gasteiger charge is 2.30. The Morgan fingerprint density at radius 3 is 1.10 bits per heavy atom. The van der Waals surface area contributed by atoms with Gasteiger partial charge in [-0.2, -0.15) is 0 Å². The van der Waals surface area contributed by atoms with Crippen LogP contribution >= 0.6 is 7.82 Å². The third-order valence-electron chi connectivity index (χ3n) is 14.8. The molecule has 496 valence electrons. The fourth-order valence-electron chi connectivity index (χ4n) is 9.44. The minimum Gasteiger partial charge on any atom is -0.456 e. The zero-order valence-corrected chi connectivity index (χ0v) is 57.6. The summed E-state index contributed by atoms with van der Waals surface area (Å²) >= 11 is 0. The molecule has 9 nitrogen and oxygen atoms in total. The number of quaternary nitrogens is 1. The maximum atomic E-state index is 13.6. The number of allylic oxidation sites excluding steroid dienone is 23. The Morgan fingerprint density at radius 1 is 0.414 bits per heavy atom. The summed E-state index contributed by atoms with van der Waals surface area (Å²) in [5.41, 5.74) is 0. The molecule has 0 aromatic heterocycles. The van der Waals surface area contributed by atoms with E-state index in [1.165, 1.54) is 77.0 Å². The van der Waals surface area contributed by atoms with E-state index >= 15 is 0 Å². The van der Waals surface area contributed by atoms with Gasteiger partial charge in [-0.05, 0) is 128 Å². The lowest BCUT2D eigenvalue weighted by atomic mass is 10.0. The number of hydrogen-bond donors (Lipinski definition) is 2. The number of rotatable bonds is 62. The van der Waals surface area contributed by atoms with Crippen molar-refractivity contribution in [2.24, 2.45) is 0 Å². The first-order chi connectivity index (χ1) is 42.4. The molecule has 0 aromatic rings. The molecule has 10 heteroatoms. The number of phosphoric acid groups is 1. The van der Waals surface area contributed by atoms with Crippen molar-refractivity contribution in [1.82, 2.24) is 5.32 Å². The van der Waals surface area contributed by atoms with Crippen LogP contribution in [0.1, 0.15) is 278 Å². The van der Waals surface area contributed by atoms with Crippen LogP contribution < -0.4 is 5.32 Å². The zero-order valence-electron chi connectivity index (χ0n) is 56.7. The molecule has 0 saturated heterocycles. The van der Waals surface area contributed by atoms with E-state index in [1.54, 1.807) is 0 Å². The van der Waals surface area contributed by atoms with Gasteiger partial charge >= 0.3 is 13.8 Å². The highest BCUT2D eigenvalue weighted by Crippen LogP contribution is 2.43. The summed E-state index contributed by atoms with van der Waals surface area (Å²) in [6, 6.07) is -0.870. The van der Waals surface area contributed by atoms with E-state index in [0.717, 1.165) is 161 Å². The quantitative estimate of drug-likeness (QED) is 0.0205. The Labute approximate surface area is 536 Å². The number of carbonyl (C=O) groups is 2. The van der Waals surface area contributed by atoms with Gasteiger partial charge in [0.25, 0.3) is 0 Å². The van der Waals surface area contributed by atoms with Crippen molar-refractivity contribution < 1.29 is 37.3 Å². The van der Waals surface area contributed by atoms with Crippen LogP contribution in [0.5, 0.6) is 0 Å². The van der Waals surface area contributed by atoms with E-state index in [9.17, 15) is 19.0 Å². The van der Waals surface area contributed by atoms with Crippen LogP contribution in [0, 0.1) is 0 Å². The number of nitrogens with one attached hydrogen (secondary N) is 1. The van der Waals surface area contributed by atoms with Gasteiger partial charge in [-0.3, -0.25) is 18.6 Å². The summed E-state index contributed by atoms with van der Waals surface area (Å²) in [6.45, 7) is 6.76. The molecule has 0 rings (SSSR count). The molecule has 0 saturated carbocycles. The molecule has 3 unspecified atom stereocenters. The van der Waals surface area contributed by atoms with E-state index in [2.05, 4.69) is 160 Å². The van der Waals surface area contributed by atoms with Gasteiger partial charge in [0.15, 0.2) is 0 Å². The Balaban J connectivity index is 5.11. The van der Waals surface area contributed by atoms with Gasteiger partial charge < -0.3 is 19.4 Å². The number of esters is 1. The predicted molar refractivity (Wildman–Crippen MR) is 378 cm³/mol. The van der Waals surface area contributed by atoms with Crippen LogP contribution in [0.4, 0.5) is 0 Å². The van der Waals surface area contributed by atoms with Crippen molar-refractivity contribution in [3.63, 3.8) is 0 Å². The lowest BCUT2D eigenvalue weighted by Gasteiger charge is -2.27. The fourth-order valence-corrected chi connectivity index (χ4v) is 10.2. The van der Waals surface area contributed by atoms with E-state index in [4.69, 9.17) is 13.8 Å². The van der Waals surface area contributed by atoms with Crippen LogP contribution in [0.2, 0.25) is 0 Å². The first-order valence-electron chi connectivity index (χ1n) is 35.2. The smallest absolute Gasteiger partial charge is 0.456 e. The highest BCUT2D eigenvalue weighted by atomic mass is 31.2. The predicted octanol–water partition coefficient (Wildman–Crippen LogP) is 22.6. The van der Waals surface area contributed by atoms with Crippen LogP contribution in [0.15, 0.2) is 146 Å². The topological polar surface area (TPSA) is 111 Å². The molecule has 0 aliphatic carbocycles. The maximum Gasteiger partial charge on any atom is 0.472 e. The fraction of sp³-hybridized carbons (Fsp3) is 0.662. The summed E-state index contributed by atoms with van der Waals surface area (Å²) in [6.07, 6.45) is 94.3. The molecule has 0 aliphatic heterocycles. The van der Waals surface area contributed by atoms with E-state index in [1.807, 2.05) is 33.3 Å². The lowest BCUT2D eigenvalue weighted by molar-refractivity contribution is -0.870. The van der Waals surface area contributed by atoms with Crippen molar-refractivity contribution in [2.75, 3.05) is 40.9 Å². The Hall–Kier alpha value is -4.11. The summed E-state index contributed by atoms with van der Waals surface area (Å²) < 4.78 is 30.8. The second-order valence-corrected chi connectivity index (χ2v) is 25.7. The van der Waals surface area contributed by atoms with Crippen LogP contribution in [0.3, 0.4) is 0 Å². The molecule has 2 N–H and O–H groups in total. The normalized spacial score (nSPS) is 14.4. The lowest BCUT2D eigenvalue weighted by Crippen LogP contribution is -2.47. The van der Waals surface area contributed by atoms with Crippen molar-refractivity contribution in [3.05, 3.63) is 146 Å². The first-order valence-corrected chi connectivity index (χ1v) is 36.7. The number of amides is 1. The van der Waals surface area contributed by atoms with Gasteiger partial charge in [0, 0.05) is 12.8 Å². The van der Waals surface area contributed by atoms with Crippen molar-refractivity contribution in [3.8, 4) is 0 Å². The van der Waals surface area contributed by atoms with Gasteiger partial charge in [0.2, 0.25) is 5.91 Å². The molecule has 0 radical (unpaired) electrons. The van der Waals surface area contributed by atoms with Crippen molar-refractivity contribution in [2.45, 2.75) is 290 Å². The molecular formula is C77H132N2O7P+. The Bertz CT molecular complexity index is 2000. The summed E-state index contributed by atoms with van der Waals surface area (Å²) in [4.78, 5) is 37.9. The zero-order chi connectivity index (χ0) is 63.5. The third-order valence-corrected chi connectivity index (χ3v) is 15.8. The molecule has 1 amide bonds. The van der Waals surface area contributed by atoms with Gasteiger partial charge in [0.1, 0.15) is 19.3 Å². The maximum absolute atomic E-state index is 13.6. The van der Waals surface area contributed by atoms with Crippen LogP contribution in [0.25, 0.3) is 0 Å². The van der Waals surface area contributed by atoms with Gasteiger partial charge in [-0.15, -0.1) is 0 Å². The van der Waals surface area contributed by atoms with Gasteiger partial charge in [0.05, 0.1) is 33.8 Å². The number of unbranched alkanes of at least 4 members (excludes halogenated alkanes) is 24. The van der Waals surface area contributed by atoms with Gasteiger partial charge in [-0.25, -0.2) is 4.57 Å². The molecule has 87 heavy (non-hydrogen) atoms. The number of nitrogens with zero attached hydrogens (tertiary/aromatic N) is 1. The minimum atomic E-state index is -4.47. The number of hydrogen-bond acceptors (Lipinski definition) is 6. The first kappa shape index (κ1) is 82.9. The summed E-state index contributed by atoms with van der Waals surface area (Å²) in [5.74, 6) is -0.537. The second kappa shape index (κ2) is 64.9.